The van der Waals surface area contributed by atoms with E-state index in [0.29, 0.717) is 11.5 Å². The summed E-state index contributed by atoms with van der Waals surface area (Å²) in [4.78, 5) is 7.22. The van der Waals surface area contributed by atoms with Crippen LogP contribution >= 0.6 is 0 Å². The van der Waals surface area contributed by atoms with Gasteiger partial charge in [-0.3, -0.25) is 9.88 Å². The Balaban J connectivity index is 1.33. The molecule has 0 radical (unpaired) electrons. The van der Waals surface area contributed by atoms with Crippen molar-refractivity contribution in [2.45, 2.75) is 51.6 Å². The van der Waals surface area contributed by atoms with Gasteiger partial charge in [0.1, 0.15) is 0 Å². The van der Waals surface area contributed by atoms with Crippen molar-refractivity contribution in [2.24, 2.45) is 34.8 Å². The molecule has 0 aromatic carbocycles. The quantitative estimate of drug-likeness (QED) is 0.878. The lowest BCUT2D eigenvalue weighted by molar-refractivity contribution is 0.142. The SMILES string of the molecule is Cc1ccc(CN(CC2CC2)CC23C(N)C4CCC2C3C4)cn1. The largest absolute Gasteiger partial charge is 0.327 e. The van der Waals surface area contributed by atoms with Gasteiger partial charge in [0, 0.05) is 43.0 Å². The van der Waals surface area contributed by atoms with Gasteiger partial charge in [-0.1, -0.05) is 6.07 Å². The summed E-state index contributed by atoms with van der Waals surface area (Å²) < 4.78 is 0. The Morgan fingerprint density at radius 1 is 1.22 bits per heavy atom. The van der Waals surface area contributed by atoms with E-state index in [1.807, 2.05) is 0 Å². The fourth-order valence-electron chi connectivity index (χ4n) is 6.01. The predicted octanol–water partition coefficient (Wildman–Crippen LogP) is 2.98. The highest BCUT2D eigenvalue weighted by molar-refractivity contribution is 5.26. The van der Waals surface area contributed by atoms with Gasteiger partial charge >= 0.3 is 0 Å². The Morgan fingerprint density at radius 3 is 2.70 bits per heavy atom. The van der Waals surface area contributed by atoms with Crippen LogP contribution in [0, 0.1) is 36.0 Å². The second-order valence-corrected chi connectivity index (χ2v) is 8.85. The van der Waals surface area contributed by atoms with E-state index in [-0.39, 0.29) is 0 Å². The maximum absolute atomic E-state index is 6.71. The zero-order valence-corrected chi connectivity index (χ0v) is 14.2. The van der Waals surface area contributed by atoms with Gasteiger partial charge in [-0.25, -0.2) is 0 Å². The minimum Gasteiger partial charge on any atom is -0.327 e. The van der Waals surface area contributed by atoms with Crippen LogP contribution in [0.1, 0.15) is 43.4 Å². The molecule has 0 saturated heterocycles. The van der Waals surface area contributed by atoms with Gasteiger partial charge in [0.2, 0.25) is 0 Å². The maximum atomic E-state index is 6.71. The molecule has 1 heterocycles. The number of aryl methyl sites for hydroxylation is 1. The third-order valence-electron chi connectivity index (χ3n) is 7.38. The zero-order valence-electron chi connectivity index (χ0n) is 14.2. The van der Waals surface area contributed by atoms with Crippen molar-refractivity contribution in [1.29, 1.82) is 0 Å². The van der Waals surface area contributed by atoms with Gasteiger partial charge in [0.25, 0.3) is 0 Å². The highest BCUT2D eigenvalue weighted by Crippen LogP contribution is 2.75. The minimum absolute atomic E-state index is 0.476. The van der Waals surface area contributed by atoms with Crippen molar-refractivity contribution in [3.63, 3.8) is 0 Å². The van der Waals surface area contributed by atoms with Crippen LogP contribution in [0.4, 0.5) is 0 Å². The van der Waals surface area contributed by atoms with E-state index in [4.69, 9.17) is 5.73 Å². The van der Waals surface area contributed by atoms with E-state index in [9.17, 15) is 0 Å². The van der Waals surface area contributed by atoms with Gasteiger partial charge < -0.3 is 5.73 Å². The fourth-order valence-corrected chi connectivity index (χ4v) is 6.01. The normalized spacial score (nSPS) is 40.7. The third kappa shape index (κ3) is 2.27. The summed E-state index contributed by atoms with van der Waals surface area (Å²) in [5, 5.41) is 0. The van der Waals surface area contributed by atoms with Crippen molar-refractivity contribution in [1.82, 2.24) is 9.88 Å². The molecule has 23 heavy (non-hydrogen) atoms. The minimum atomic E-state index is 0.476. The van der Waals surface area contributed by atoms with Crippen LogP contribution in [0.25, 0.3) is 0 Å². The molecule has 5 aliphatic rings. The summed E-state index contributed by atoms with van der Waals surface area (Å²) in [6, 6.07) is 4.88. The number of hydrogen-bond acceptors (Lipinski definition) is 3. The van der Waals surface area contributed by atoms with Crippen LogP contribution in [0.3, 0.4) is 0 Å². The average Bonchev–Trinajstić information content (AvgIpc) is 3.45. The van der Waals surface area contributed by atoms with Crippen LogP contribution in [0.15, 0.2) is 18.3 Å². The molecule has 5 atom stereocenters. The number of aromatic nitrogens is 1. The van der Waals surface area contributed by atoms with Crippen LogP contribution in [0.2, 0.25) is 0 Å². The van der Waals surface area contributed by atoms with Crippen LogP contribution in [-0.4, -0.2) is 29.0 Å². The number of pyridine rings is 1. The molecule has 3 nitrogen and oxygen atoms in total. The molecule has 6 rings (SSSR count). The molecule has 3 heteroatoms. The average molecular weight is 311 g/mol. The van der Waals surface area contributed by atoms with Gasteiger partial charge in [0.15, 0.2) is 0 Å². The smallest absolute Gasteiger partial charge is 0.0372 e. The Hall–Kier alpha value is -0.930. The summed E-state index contributed by atoms with van der Waals surface area (Å²) in [7, 11) is 0. The molecule has 2 N–H and O–H groups in total. The van der Waals surface area contributed by atoms with E-state index >= 15 is 0 Å². The van der Waals surface area contributed by atoms with Crippen molar-refractivity contribution >= 4 is 0 Å². The lowest BCUT2D eigenvalue weighted by atomic mass is 9.77. The lowest BCUT2D eigenvalue weighted by Crippen LogP contribution is -2.46. The summed E-state index contributed by atoms with van der Waals surface area (Å²) in [6.45, 7) is 5.63. The Morgan fingerprint density at radius 2 is 2.09 bits per heavy atom. The molecule has 5 fully saturated rings. The molecule has 124 valence electrons. The molecule has 0 spiro atoms. The first kappa shape index (κ1) is 14.4. The van der Waals surface area contributed by atoms with E-state index in [2.05, 4.69) is 35.1 Å². The molecule has 1 aromatic heterocycles. The molecule has 5 unspecified atom stereocenters. The van der Waals surface area contributed by atoms with E-state index in [1.54, 1.807) is 0 Å². The van der Waals surface area contributed by atoms with Crippen molar-refractivity contribution in [3.8, 4) is 0 Å². The molecule has 4 bridgehead atoms. The molecular formula is C20H29N3. The Labute approximate surface area is 139 Å². The first-order chi connectivity index (χ1) is 11.2. The molecule has 5 saturated carbocycles. The topological polar surface area (TPSA) is 42.1 Å². The van der Waals surface area contributed by atoms with E-state index in [1.165, 1.54) is 50.8 Å². The fraction of sp³-hybridized carbons (Fsp3) is 0.750. The maximum Gasteiger partial charge on any atom is 0.0372 e. The third-order valence-corrected chi connectivity index (χ3v) is 7.38. The second kappa shape index (κ2) is 5.03. The van der Waals surface area contributed by atoms with Gasteiger partial charge in [-0.15, -0.1) is 0 Å². The van der Waals surface area contributed by atoms with Crippen molar-refractivity contribution in [2.75, 3.05) is 13.1 Å². The number of hydrogen-bond donors (Lipinski definition) is 1. The summed E-state index contributed by atoms with van der Waals surface area (Å²) in [5.74, 6) is 3.67. The predicted molar refractivity (Wildman–Crippen MR) is 91.7 cm³/mol. The van der Waals surface area contributed by atoms with Gasteiger partial charge in [-0.05, 0) is 74.3 Å². The second-order valence-electron chi connectivity index (χ2n) is 8.85. The van der Waals surface area contributed by atoms with Crippen molar-refractivity contribution in [3.05, 3.63) is 29.6 Å². The summed E-state index contributed by atoms with van der Waals surface area (Å²) in [6.07, 6.45) is 9.20. The van der Waals surface area contributed by atoms with Crippen LogP contribution in [-0.2, 0) is 6.54 Å². The summed E-state index contributed by atoms with van der Waals surface area (Å²) in [5.41, 5.74) is 9.66. The standard InChI is InChI=1S/C20H29N3/c1-13-2-3-15(9-22-13)11-23(10-14-4-5-14)12-20-17-7-6-16(19(20)21)8-18(17)20/h2-3,9,14,16-19H,4-8,10-12,21H2,1H3. The Bertz CT molecular complexity index is 587. The van der Waals surface area contributed by atoms with Crippen LogP contribution in [0.5, 0.6) is 0 Å². The van der Waals surface area contributed by atoms with Gasteiger partial charge in [-0.2, -0.15) is 0 Å². The van der Waals surface area contributed by atoms with E-state index < -0.39 is 0 Å². The Kier molecular flexibility index (Phi) is 3.15. The zero-order chi connectivity index (χ0) is 15.6. The van der Waals surface area contributed by atoms with Crippen LogP contribution < -0.4 is 5.73 Å². The number of nitrogens with zero attached hydrogens (tertiary/aromatic N) is 2. The lowest BCUT2D eigenvalue weighted by Gasteiger charge is -2.36. The molecule has 5 aliphatic carbocycles. The first-order valence-corrected chi connectivity index (χ1v) is 9.56. The van der Waals surface area contributed by atoms with Gasteiger partial charge in [0.05, 0.1) is 0 Å². The highest BCUT2D eigenvalue weighted by atomic mass is 15.2. The number of nitrogens with two attached hydrogens (primary N) is 1. The molecule has 0 aliphatic heterocycles. The monoisotopic (exact) mass is 311 g/mol. The molecule has 1 aromatic rings. The highest BCUT2D eigenvalue weighted by Gasteiger charge is 2.74. The number of rotatable bonds is 6. The van der Waals surface area contributed by atoms with Crippen molar-refractivity contribution < 1.29 is 0 Å². The molecule has 0 amide bonds. The summed E-state index contributed by atoms with van der Waals surface area (Å²) >= 11 is 0. The molecular weight excluding hydrogens is 282 g/mol. The van der Waals surface area contributed by atoms with E-state index in [0.717, 1.165) is 35.9 Å². The number of fused-ring (bicyclic) bond motifs is 1. The first-order valence-electron chi connectivity index (χ1n) is 9.56.